The number of hydrogen-bond donors (Lipinski definition) is 2. The van der Waals surface area contributed by atoms with E-state index in [1.165, 1.54) is 36.0 Å². The van der Waals surface area contributed by atoms with Gasteiger partial charge in [-0.15, -0.1) is 0 Å². The van der Waals surface area contributed by atoms with Crippen LogP contribution in [0, 0.1) is 12.7 Å². The summed E-state index contributed by atoms with van der Waals surface area (Å²) < 4.78 is 52.6. The molecular weight excluding hydrogens is 366 g/mol. The Morgan fingerprint density at radius 2 is 2.07 bits per heavy atom. The van der Waals surface area contributed by atoms with Gasteiger partial charge in [-0.3, -0.25) is 14.6 Å². The summed E-state index contributed by atoms with van der Waals surface area (Å²) in [6.45, 7) is 1.63. The van der Waals surface area contributed by atoms with Gasteiger partial charge >= 0.3 is 6.18 Å². The monoisotopic (exact) mass is 381 g/mol. The fraction of sp³-hybridized carbons (Fsp3) is 0.235. The highest BCUT2D eigenvalue weighted by Crippen LogP contribution is 2.28. The Hall–Kier alpha value is -3.17. The second-order valence-electron chi connectivity index (χ2n) is 5.82. The SMILES string of the molecule is Cc1cc(C(F)(F)F)nn1CCNC(=O)c1cn[nH]c1-c1cccc(F)c1. The van der Waals surface area contributed by atoms with E-state index in [1.807, 2.05) is 0 Å². The summed E-state index contributed by atoms with van der Waals surface area (Å²) in [5, 5.41) is 12.6. The average molecular weight is 381 g/mol. The minimum Gasteiger partial charge on any atom is -0.350 e. The van der Waals surface area contributed by atoms with Crippen molar-refractivity contribution in [2.75, 3.05) is 6.54 Å². The van der Waals surface area contributed by atoms with E-state index < -0.39 is 23.6 Å². The van der Waals surface area contributed by atoms with E-state index in [2.05, 4.69) is 20.6 Å². The first kappa shape index (κ1) is 18.6. The summed E-state index contributed by atoms with van der Waals surface area (Å²) in [6.07, 6.45) is -3.22. The summed E-state index contributed by atoms with van der Waals surface area (Å²) in [7, 11) is 0. The van der Waals surface area contributed by atoms with Gasteiger partial charge in [0.15, 0.2) is 5.69 Å². The number of alkyl halides is 3. The van der Waals surface area contributed by atoms with E-state index in [0.29, 0.717) is 17.0 Å². The molecule has 0 unspecified atom stereocenters. The van der Waals surface area contributed by atoms with Crippen molar-refractivity contribution >= 4 is 5.91 Å². The fourth-order valence-corrected chi connectivity index (χ4v) is 2.57. The molecule has 3 rings (SSSR count). The van der Waals surface area contributed by atoms with E-state index in [9.17, 15) is 22.4 Å². The van der Waals surface area contributed by atoms with Crippen LogP contribution in [-0.4, -0.2) is 32.4 Å². The molecule has 0 saturated carbocycles. The third kappa shape index (κ3) is 4.15. The maximum absolute atomic E-state index is 13.4. The first-order valence-corrected chi connectivity index (χ1v) is 7.95. The number of carbonyl (C=O) groups is 1. The van der Waals surface area contributed by atoms with Gasteiger partial charge in [0.1, 0.15) is 5.82 Å². The maximum atomic E-state index is 13.4. The second-order valence-corrected chi connectivity index (χ2v) is 5.82. The van der Waals surface area contributed by atoms with Crippen molar-refractivity contribution in [1.29, 1.82) is 0 Å². The molecule has 27 heavy (non-hydrogen) atoms. The number of halogens is 4. The Morgan fingerprint density at radius 3 is 2.74 bits per heavy atom. The number of carbonyl (C=O) groups excluding carboxylic acids is 1. The van der Waals surface area contributed by atoms with E-state index in [1.54, 1.807) is 6.07 Å². The number of aromatic nitrogens is 4. The number of nitrogens with zero attached hydrogens (tertiary/aromatic N) is 3. The maximum Gasteiger partial charge on any atom is 0.435 e. The number of benzene rings is 1. The molecule has 6 nitrogen and oxygen atoms in total. The molecule has 1 amide bonds. The van der Waals surface area contributed by atoms with E-state index >= 15 is 0 Å². The predicted octanol–water partition coefficient (Wildman–Crippen LogP) is 3.17. The molecule has 0 spiro atoms. The largest absolute Gasteiger partial charge is 0.435 e. The molecule has 2 heterocycles. The van der Waals surface area contributed by atoms with Gasteiger partial charge in [-0.05, 0) is 25.1 Å². The zero-order valence-corrected chi connectivity index (χ0v) is 14.1. The molecule has 142 valence electrons. The van der Waals surface area contributed by atoms with Crippen molar-refractivity contribution in [2.24, 2.45) is 0 Å². The van der Waals surface area contributed by atoms with Crippen LogP contribution < -0.4 is 5.32 Å². The lowest BCUT2D eigenvalue weighted by molar-refractivity contribution is -0.141. The van der Waals surface area contributed by atoms with Crippen LogP contribution in [0.1, 0.15) is 21.7 Å². The molecule has 2 N–H and O–H groups in total. The molecule has 0 aliphatic carbocycles. The minimum atomic E-state index is -4.52. The molecule has 2 aromatic heterocycles. The van der Waals surface area contributed by atoms with Gasteiger partial charge in [0.25, 0.3) is 5.91 Å². The lowest BCUT2D eigenvalue weighted by Crippen LogP contribution is -2.28. The number of amides is 1. The fourth-order valence-electron chi connectivity index (χ4n) is 2.57. The van der Waals surface area contributed by atoms with Crippen LogP contribution in [0.25, 0.3) is 11.3 Å². The molecular formula is C17H15F4N5O. The van der Waals surface area contributed by atoms with E-state index in [0.717, 1.165) is 6.07 Å². The van der Waals surface area contributed by atoms with Gasteiger partial charge in [0.05, 0.1) is 24.0 Å². The average Bonchev–Trinajstić information content (AvgIpc) is 3.22. The molecule has 0 saturated heterocycles. The third-order valence-corrected chi connectivity index (χ3v) is 3.88. The van der Waals surface area contributed by atoms with Crippen molar-refractivity contribution < 1.29 is 22.4 Å². The Kier molecular flexibility index (Phi) is 4.98. The third-order valence-electron chi connectivity index (χ3n) is 3.88. The zero-order chi connectivity index (χ0) is 19.6. The van der Waals surface area contributed by atoms with Gasteiger partial charge in [-0.1, -0.05) is 12.1 Å². The topological polar surface area (TPSA) is 75.6 Å². The molecule has 0 atom stereocenters. The van der Waals surface area contributed by atoms with Gasteiger partial charge in [-0.25, -0.2) is 4.39 Å². The van der Waals surface area contributed by atoms with Gasteiger partial charge in [-0.2, -0.15) is 23.4 Å². The molecule has 0 bridgehead atoms. The Bertz CT molecular complexity index is 960. The van der Waals surface area contributed by atoms with Crippen molar-refractivity contribution in [3.8, 4) is 11.3 Å². The van der Waals surface area contributed by atoms with Crippen LogP contribution in [0.5, 0.6) is 0 Å². The Labute approximate surface area is 151 Å². The molecule has 0 aliphatic heterocycles. The van der Waals surface area contributed by atoms with Crippen molar-refractivity contribution in [2.45, 2.75) is 19.6 Å². The Balaban J connectivity index is 1.66. The summed E-state index contributed by atoms with van der Waals surface area (Å²) >= 11 is 0. The van der Waals surface area contributed by atoms with Crippen LogP contribution in [0.15, 0.2) is 36.5 Å². The second kappa shape index (κ2) is 7.22. The predicted molar refractivity (Wildman–Crippen MR) is 88.3 cm³/mol. The van der Waals surface area contributed by atoms with Gasteiger partial charge in [0, 0.05) is 17.8 Å². The molecule has 10 heteroatoms. The highest BCUT2D eigenvalue weighted by atomic mass is 19.4. The van der Waals surface area contributed by atoms with Crippen LogP contribution in [0.4, 0.5) is 17.6 Å². The zero-order valence-electron chi connectivity index (χ0n) is 14.1. The minimum absolute atomic E-state index is 0.0619. The standard InChI is InChI=1S/C17H15F4N5O/c1-10-7-14(17(19,20)21)25-26(10)6-5-22-16(27)13-9-23-24-15(13)11-3-2-4-12(18)8-11/h2-4,7-9H,5-6H2,1H3,(H,22,27)(H,23,24). The van der Waals surface area contributed by atoms with Gasteiger partial charge in [0.2, 0.25) is 0 Å². The number of hydrogen-bond acceptors (Lipinski definition) is 3. The van der Waals surface area contributed by atoms with E-state index in [-0.39, 0.29) is 18.7 Å². The van der Waals surface area contributed by atoms with Crippen LogP contribution >= 0.6 is 0 Å². The smallest absolute Gasteiger partial charge is 0.350 e. The van der Waals surface area contributed by atoms with Crippen LogP contribution in [0.3, 0.4) is 0 Å². The lowest BCUT2D eigenvalue weighted by atomic mass is 10.1. The van der Waals surface area contributed by atoms with Crippen molar-refractivity contribution in [3.05, 3.63) is 59.3 Å². The summed E-state index contributed by atoms with van der Waals surface area (Å²) in [6, 6.07) is 6.61. The number of aromatic amines is 1. The van der Waals surface area contributed by atoms with Crippen molar-refractivity contribution in [3.63, 3.8) is 0 Å². The molecule has 3 aromatic rings. The first-order valence-electron chi connectivity index (χ1n) is 7.95. The van der Waals surface area contributed by atoms with Gasteiger partial charge < -0.3 is 5.32 Å². The highest BCUT2D eigenvalue weighted by molar-refractivity contribution is 5.99. The molecule has 1 aromatic carbocycles. The van der Waals surface area contributed by atoms with Crippen molar-refractivity contribution in [1.82, 2.24) is 25.3 Å². The first-order chi connectivity index (χ1) is 12.8. The quantitative estimate of drug-likeness (QED) is 0.667. The highest BCUT2D eigenvalue weighted by Gasteiger charge is 2.34. The normalized spacial score (nSPS) is 11.6. The number of nitrogens with one attached hydrogen (secondary N) is 2. The number of aryl methyl sites for hydroxylation is 1. The Morgan fingerprint density at radius 1 is 1.30 bits per heavy atom. The molecule has 0 fully saturated rings. The molecule has 0 radical (unpaired) electrons. The summed E-state index contributed by atoms with van der Waals surface area (Å²) in [5.41, 5.74) is 0.362. The van der Waals surface area contributed by atoms with Crippen LogP contribution in [-0.2, 0) is 12.7 Å². The summed E-state index contributed by atoms with van der Waals surface area (Å²) in [4.78, 5) is 12.3. The number of H-pyrrole nitrogens is 1. The van der Waals surface area contributed by atoms with Crippen LogP contribution in [0.2, 0.25) is 0 Å². The lowest BCUT2D eigenvalue weighted by Gasteiger charge is -2.08. The number of rotatable bonds is 5. The van der Waals surface area contributed by atoms with E-state index in [4.69, 9.17) is 0 Å². The summed E-state index contributed by atoms with van der Waals surface area (Å²) in [5.74, 6) is -0.938. The molecule has 0 aliphatic rings.